The number of ether oxygens (including phenoxy) is 1. The van der Waals surface area contributed by atoms with E-state index in [0.29, 0.717) is 5.02 Å². The molecule has 0 saturated carbocycles. The molecule has 0 fully saturated rings. The Labute approximate surface area is 122 Å². The third kappa shape index (κ3) is 2.50. The summed E-state index contributed by atoms with van der Waals surface area (Å²) >= 11 is 7.82. The molecule has 1 aromatic carbocycles. The van der Waals surface area contributed by atoms with Gasteiger partial charge in [-0.25, -0.2) is 0 Å². The summed E-state index contributed by atoms with van der Waals surface area (Å²) in [5.41, 5.74) is 7.26. The van der Waals surface area contributed by atoms with E-state index in [2.05, 4.69) is 19.1 Å². The van der Waals surface area contributed by atoms with Gasteiger partial charge in [0, 0.05) is 32.8 Å². The van der Waals surface area contributed by atoms with E-state index >= 15 is 0 Å². The summed E-state index contributed by atoms with van der Waals surface area (Å²) in [7, 11) is 0. The minimum absolute atomic E-state index is 0.0142. The van der Waals surface area contributed by atoms with Crippen molar-refractivity contribution in [1.29, 1.82) is 0 Å². The molecule has 0 aliphatic carbocycles. The summed E-state index contributed by atoms with van der Waals surface area (Å²) in [6, 6.07) is 9.98. The molecule has 1 aliphatic heterocycles. The van der Waals surface area contributed by atoms with Gasteiger partial charge in [0.1, 0.15) is 11.9 Å². The number of rotatable bonds is 2. The molecule has 100 valence electrons. The van der Waals surface area contributed by atoms with Crippen molar-refractivity contribution < 1.29 is 4.74 Å². The van der Waals surface area contributed by atoms with E-state index in [1.807, 2.05) is 29.5 Å². The Balaban J connectivity index is 1.90. The molecule has 1 aliphatic rings. The molecular formula is C15H16ClNOS. The molecule has 4 heteroatoms. The zero-order valence-electron chi connectivity index (χ0n) is 10.7. The van der Waals surface area contributed by atoms with Crippen LogP contribution in [-0.4, -0.2) is 0 Å². The van der Waals surface area contributed by atoms with Crippen LogP contribution in [0.5, 0.6) is 5.75 Å². The second-order valence-corrected chi connectivity index (χ2v) is 6.42. The fraction of sp³-hybridized carbons (Fsp3) is 0.333. The summed E-state index contributed by atoms with van der Waals surface area (Å²) in [6.45, 7) is 2.17. The first-order valence-electron chi connectivity index (χ1n) is 6.47. The van der Waals surface area contributed by atoms with Crippen molar-refractivity contribution in [3.63, 3.8) is 0 Å². The number of aryl methyl sites for hydroxylation is 1. The number of hydrogen-bond acceptors (Lipinski definition) is 3. The first kappa shape index (κ1) is 13.0. The smallest absolute Gasteiger partial charge is 0.135 e. The normalized spacial score (nSPS) is 21.8. The van der Waals surface area contributed by atoms with E-state index < -0.39 is 0 Å². The fourth-order valence-corrected chi connectivity index (χ4v) is 3.58. The summed E-state index contributed by atoms with van der Waals surface area (Å²) in [5, 5.41) is 0.709. The van der Waals surface area contributed by atoms with Crippen LogP contribution >= 0.6 is 22.9 Å². The molecule has 0 saturated heterocycles. The number of nitrogens with two attached hydrogens (primary N) is 1. The highest BCUT2D eigenvalue weighted by Crippen LogP contribution is 2.42. The van der Waals surface area contributed by atoms with Crippen molar-refractivity contribution in [1.82, 2.24) is 0 Å². The quantitative estimate of drug-likeness (QED) is 0.885. The predicted octanol–water partition coefficient (Wildman–Crippen LogP) is 4.49. The lowest BCUT2D eigenvalue weighted by atomic mass is 9.96. The molecule has 2 atom stereocenters. The molecule has 1 unspecified atom stereocenters. The van der Waals surface area contributed by atoms with Crippen LogP contribution in [0.3, 0.4) is 0 Å². The SMILES string of the molecule is CCc1ccc(C2C[C@H](N)c3cc(Cl)ccc3O2)s1. The summed E-state index contributed by atoms with van der Waals surface area (Å²) < 4.78 is 6.07. The molecule has 0 radical (unpaired) electrons. The van der Waals surface area contributed by atoms with Gasteiger partial charge in [0.15, 0.2) is 0 Å². The molecule has 3 rings (SSSR count). The first-order valence-corrected chi connectivity index (χ1v) is 7.67. The van der Waals surface area contributed by atoms with Gasteiger partial charge in [0.25, 0.3) is 0 Å². The minimum Gasteiger partial charge on any atom is -0.484 e. The van der Waals surface area contributed by atoms with Crippen molar-refractivity contribution in [2.75, 3.05) is 0 Å². The summed E-state index contributed by atoms with van der Waals surface area (Å²) in [6.07, 6.45) is 1.93. The van der Waals surface area contributed by atoms with Gasteiger partial charge >= 0.3 is 0 Å². The van der Waals surface area contributed by atoms with Crippen LogP contribution in [0, 0.1) is 0 Å². The maximum Gasteiger partial charge on any atom is 0.135 e. The van der Waals surface area contributed by atoms with Gasteiger partial charge < -0.3 is 10.5 Å². The molecule has 2 aromatic rings. The van der Waals surface area contributed by atoms with Crippen molar-refractivity contribution >= 4 is 22.9 Å². The van der Waals surface area contributed by atoms with Crippen LogP contribution in [0.4, 0.5) is 0 Å². The number of fused-ring (bicyclic) bond motifs is 1. The van der Waals surface area contributed by atoms with Gasteiger partial charge in [-0.15, -0.1) is 11.3 Å². The third-order valence-corrected chi connectivity index (χ3v) is 5.01. The third-order valence-electron chi connectivity index (χ3n) is 3.46. The monoisotopic (exact) mass is 293 g/mol. The van der Waals surface area contributed by atoms with E-state index in [1.54, 1.807) is 0 Å². The zero-order valence-corrected chi connectivity index (χ0v) is 12.3. The highest BCUT2D eigenvalue weighted by Gasteiger charge is 2.28. The molecule has 0 bridgehead atoms. The number of hydrogen-bond donors (Lipinski definition) is 1. The topological polar surface area (TPSA) is 35.2 Å². The Morgan fingerprint density at radius 1 is 1.37 bits per heavy atom. The molecule has 0 spiro atoms. The van der Waals surface area contributed by atoms with E-state index in [4.69, 9.17) is 22.1 Å². The summed E-state index contributed by atoms with van der Waals surface area (Å²) in [4.78, 5) is 2.64. The number of halogens is 1. The van der Waals surface area contributed by atoms with Gasteiger partial charge in [-0.2, -0.15) is 0 Å². The Hall–Kier alpha value is -1.03. The Bertz CT molecular complexity index is 596. The van der Waals surface area contributed by atoms with E-state index in [0.717, 1.165) is 24.2 Å². The number of thiophene rings is 1. The van der Waals surface area contributed by atoms with Gasteiger partial charge in [-0.3, -0.25) is 0 Å². The fourth-order valence-electron chi connectivity index (χ4n) is 2.41. The lowest BCUT2D eigenvalue weighted by molar-refractivity contribution is 0.165. The van der Waals surface area contributed by atoms with Gasteiger partial charge in [0.05, 0.1) is 0 Å². The molecular weight excluding hydrogens is 278 g/mol. The highest BCUT2D eigenvalue weighted by molar-refractivity contribution is 7.12. The van der Waals surface area contributed by atoms with Crippen molar-refractivity contribution in [3.05, 3.63) is 50.7 Å². The molecule has 2 N–H and O–H groups in total. The molecule has 2 heterocycles. The van der Waals surface area contributed by atoms with E-state index in [1.165, 1.54) is 9.75 Å². The molecule has 0 amide bonds. The van der Waals surface area contributed by atoms with Crippen LogP contribution in [0.2, 0.25) is 5.02 Å². The molecule has 19 heavy (non-hydrogen) atoms. The first-order chi connectivity index (χ1) is 9.17. The second kappa shape index (κ2) is 5.16. The lowest BCUT2D eigenvalue weighted by Crippen LogP contribution is -2.23. The average molecular weight is 294 g/mol. The second-order valence-electron chi connectivity index (χ2n) is 4.79. The van der Waals surface area contributed by atoms with E-state index in [-0.39, 0.29) is 12.1 Å². The largest absolute Gasteiger partial charge is 0.484 e. The van der Waals surface area contributed by atoms with Crippen molar-refractivity contribution in [2.24, 2.45) is 5.73 Å². The Morgan fingerprint density at radius 3 is 2.95 bits per heavy atom. The predicted molar refractivity (Wildman–Crippen MR) is 80.1 cm³/mol. The number of benzene rings is 1. The van der Waals surface area contributed by atoms with Gasteiger partial charge in [-0.1, -0.05) is 18.5 Å². The highest BCUT2D eigenvalue weighted by atomic mass is 35.5. The maximum absolute atomic E-state index is 6.25. The standard InChI is InChI=1S/C15H16ClNOS/c1-2-10-4-6-15(19-10)14-8-12(17)11-7-9(16)3-5-13(11)18-14/h3-7,12,14H,2,8,17H2,1H3/t12-,14?/m0/s1. The van der Waals surface area contributed by atoms with Gasteiger partial charge in [0.2, 0.25) is 0 Å². The van der Waals surface area contributed by atoms with E-state index in [9.17, 15) is 0 Å². The Kier molecular flexibility index (Phi) is 3.52. The average Bonchev–Trinajstić information content (AvgIpc) is 2.88. The van der Waals surface area contributed by atoms with Crippen LogP contribution < -0.4 is 10.5 Å². The van der Waals surface area contributed by atoms with Crippen LogP contribution in [-0.2, 0) is 6.42 Å². The zero-order chi connectivity index (χ0) is 13.4. The van der Waals surface area contributed by atoms with Crippen molar-refractivity contribution in [2.45, 2.75) is 31.9 Å². The van der Waals surface area contributed by atoms with Crippen molar-refractivity contribution in [3.8, 4) is 5.75 Å². The van der Waals surface area contributed by atoms with Crippen LogP contribution in [0.25, 0.3) is 0 Å². The van der Waals surface area contributed by atoms with Crippen LogP contribution in [0.1, 0.15) is 40.8 Å². The summed E-state index contributed by atoms with van der Waals surface area (Å²) in [5.74, 6) is 0.861. The molecule has 2 nitrogen and oxygen atoms in total. The lowest BCUT2D eigenvalue weighted by Gasteiger charge is -2.29. The maximum atomic E-state index is 6.25. The van der Waals surface area contributed by atoms with Crippen LogP contribution in [0.15, 0.2) is 30.3 Å². The molecule has 1 aromatic heterocycles. The van der Waals surface area contributed by atoms with Gasteiger partial charge in [-0.05, 0) is 36.8 Å². The minimum atomic E-state index is -0.0142. The Morgan fingerprint density at radius 2 is 2.21 bits per heavy atom.